The molecule has 0 aromatic heterocycles. The van der Waals surface area contributed by atoms with Crippen LogP contribution in [-0.4, -0.2) is 119 Å². The summed E-state index contributed by atoms with van der Waals surface area (Å²) in [5.74, 6) is 5.58. The fraction of sp³-hybridized carbons (Fsp3) is 0.631. The zero-order valence-corrected chi connectivity index (χ0v) is 46.3. The highest BCUT2D eigenvalue weighted by Crippen LogP contribution is 2.78. The van der Waals surface area contributed by atoms with Crippen molar-refractivity contribution in [3.8, 4) is 28.7 Å². The monoisotopic (exact) mass is 1100 g/mol. The van der Waals surface area contributed by atoms with E-state index in [1.165, 1.54) is 60.9 Å². The Hall–Kier alpha value is -4.41. The number of likely N-dealkylation sites (tertiary alicyclic amines) is 2. The Bertz CT molecular complexity index is 3130. The number of piperidine rings is 2. The van der Waals surface area contributed by atoms with Crippen molar-refractivity contribution in [1.29, 1.82) is 0 Å². The largest absolute Gasteiger partial charge is 0.504 e. The molecule has 4 aliphatic heterocycles. The summed E-state index contributed by atoms with van der Waals surface area (Å²) in [7, 11) is 1.70. The molecular weight excluding hydrogens is 1010 g/mol. The molecule has 14 heteroatoms. The molecule has 8 bridgehead atoms. The maximum atomic E-state index is 13.3. The molecule has 4 spiro atoms. The second-order valence-electron chi connectivity index (χ2n) is 26.1. The van der Waals surface area contributed by atoms with E-state index in [2.05, 4.69) is 44.9 Å². The molecule has 79 heavy (non-hydrogen) atoms. The third-order valence-corrected chi connectivity index (χ3v) is 24.7. The van der Waals surface area contributed by atoms with Crippen LogP contribution in [0.15, 0.2) is 77.7 Å². The lowest BCUT2D eigenvalue weighted by atomic mass is 9.35. The summed E-state index contributed by atoms with van der Waals surface area (Å²) in [6.07, 6.45) is 15.6. The molecule has 2 saturated heterocycles. The minimum absolute atomic E-state index is 0. The van der Waals surface area contributed by atoms with Crippen LogP contribution in [0.3, 0.4) is 0 Å². The summed E-state index contributed by atoms with van der Waals surface area (Å²) in [6, 6.07) is 24.5. The van der Waals surface area contributed by atoms with Gasteiger partial charge in [-0.3, -0.25) is 9.80 Å². The van der Waals surface area contributed by atoms with Gasteiger partial charge < -0.3 is 39.3 Å². The van der Waals surface area contributed by atoms with Crippen LogP contribution in [0.1, 0.15) is 125 Å². The summed E-state index contributed by atoms with van der Waals surface area (Å²) in [5, 5.41) is 11.0. The minimum atomic E-state index is -3.66. The molecule has 13 nitrogen and oxygen atoms in total. The van der Waals surface area contributed by atoms with Gasteiger partial charge in [-0.1, -0.05) is 56.8 Å². The van der Waals surface area contributed by atoms with Crippen LogP contribution in [0.25, 0.3) is 0 Å². The Morgan fingerprint density at radius 2 is 1.23 bits per heavy atom. The Balaban J connectivity index is 0.000000146. The topological polar surface area (TPSA) is 154 Å². The average Bonchev–Trinajstić information content (AvgIpc) is 2.65. The van der Waals surface area contributed by atoms with Crippen LogP contribution < -0.4 is 29.4 Å². The molecule has 4 heterocycles. The maximum absolute atomic E-state index is 13.3. The molecule has 18 rings (SSSR count). The Morgan fingerprint density at radius 3 is 1.78 bits per heavy atom. The van der Waals surface area contributed by atoms with E-state index < -0.39 is 15.6 Å². The first-order valence-electron chi connectivity index (χ1n) is 29.3. The van der Waals surface area contributed by atoms with Gasteiger partial charge in [-0.15, -0.1) is 0 Å². The minimum Gasteiger partial charge on any atom is -0.504 e. The number of aromatic hydroxyl groups is 1. The standard InChI is InChI=1S/C32H40N2O4.C31H38N2O5S.2CH4/c1-35-24-8-5-21(6-9-24)19-37-25-10-7-22-15-26-30-11-12-32(36-2,23(16-30)17-33)29-31(30,27(22)28(25)38-29)13-14-34(26)18-20-3-4-20;1-19-3-8-23(9-4-19)39(35,36)32-17-22-16-29-11-12-31(22,37-2)28-30(29)13-14-33(18-20-5-6-20)25(29)15-21-7-10-24(34)27(38-28)26(21)30;;/h5-10,20,23,26,29H,3-4,11-19,33H2,1-2H3;3-4,7-10,20,22,25,28,32,34H,5-6,11-18H2,1-2H3;2*1H4/t23-,26-,29?,30-,31+,32?;22-,25-,28?,29-,30+,31?;;/m11../s1. The number of nitrogens with one attached hydrogen (secondary N) is 1. The van der Waals surface area contributed by atoms with Crippen molar-refractivity contribution in [2.45, 2.75) is 169 Å². The van der Waals surface area contributed by atoms with Gasteiger partial charge in [-0.05, 0) is 181 Å². The van der Waals surface area contributed by atoms with Crippen molar-refractivity contribution < 1.29 is 41.9 Å². The van der Waals surface area contributed by atoms with Gasteiger partial charge in [0.2, 0.25) is 10.0 Å². The second kappa shape index (κ2) is 18.8. The molecule has 0 amide bonds. The maximum Gasteiger partial charge on any atom is 0.240 e. The van der Waals surface area contributed by atoms with E-state index in [1.54, 1.807) is 32.4 Å². The molecule has 4 aromatic rings. The van der Waals surface area contributed by atoms with Gasteiger partial charge in [0.05, 0.1) is 12.0 Å². The fourth-order valence-corrected chi connectivity index (χ4v) is 20.7. The summed E-state index contributed by atoms with van der Waals surface area (Å²) in [6.45, 7) is 8.05. The Kier molecular flexibility index (Phi) is 12.8. The van der Waals surface area contributed by atoms with Crippen molar-refractivity contribution in [3.05, 3.63) is 106 Å². The van der Waals surface area contributed by atoms with E-state index in [9.17, 15) is 13.5 Å². The van der Waals surface area contributed by atoms with Crippen molar-refractivity contribution >= 4 is 10.0 Å². The second-order valence-corrected chi connectivity index (χ2v) is 27.9. The van der Waals surface area contributed by atoms with Gasteiger partial charge in [-0.25, -0.2) is 13.1 Å². The van der Waals surface area contributed by atoms with Crippen molar-refractivity contribution in [1.82, 2.24) is 14.5 Å². The number of methoxy groups -OCH3 is 3. The molecule has 8 saturated carbocycles. The molecule has 14 aliphatic rings. The quantitative estimate of drug-likeness (QED) is 0.104. The van der Waals surface area contributed by atoms with Crippen LogP contribution in [0.4, 0.5) is 0 Å². The van der Waals surface area contributed by atoms with Crippen molar-refractivity contribution in [3.63, 3.8) is 0 Å². The number of phenols is 1. The number of sulfonamides is 1. The van der Waals surface area contributed by atoms with E-state index in [0.717, 1.165) is 118 Å². The highest BCUT2D eigenvalue weighted by atomic mass is 32.2. The zero-order valence-electron chi connectivity index (χ0n) is 45.5. The molecule has 0 radical (unpaired) electrons. The van der Waals surface area contributed by atoms with Crippen LogP contribution in [-0.2, 0) is 49.8 Å². The van der Waals surface area contributed by atoms with Crippen LogP contribution in [0.2, 0.25) is 0 Å². The smallest absolute Gasteiger partial charge is 0.240 e. The van der Waals surface area contributed by atoms with E-state index in [-0.39, 0.29) is 66.0 Å². The van der Waals surface area contributed by atoms with Crippen molar-refractivity contribution in [2.75, 3.05) is 60.6 Å². The average molecular weight is 1100 g/mol. The van der Waals surface area contributed by atoms with Gasteiger partial charge in [-0.2, -0.15) is 0 Å². The number of fused-ring (bicyclic) bond motifs is 4. The number of hydrogen-bond donors (Lipinski definition) is 3. The van der Waals surface area contributed by atoms with E-state index in [0.29, 0.717) is 48.3 Å². The number of hydrogen-bond acceptors (Lipinski definition) is 12. The number of nitrogens with two attached hydrogens (primary N) is 1. The van der Waals surface area contributed by atoms with Crippen LogP contribution in [0.5, 0.6) is 28.7 Å². The van der Waals surface area contributed by atoms with Gasteiger partial charge >= 0.3 is 0 Å². The van der Waals surface area contributed by atoms with Gasteiger partial charge in [0.1, 0.15) is 35.8 Å². The molecule has 10 aliphatic carbocycles. The number of benzene rings is 4. The molecular formula is C65H86N4O9S. The SMILES string of the molecule is C.C.COC12CC[C@@]3(C[C@@H]1CNS(=O)(=O)c1ccc(C)cc1)[C@H]1Cc4ccc(O)c5c4[C@@]3(CCN1CC1CC1)C2O5.COc1ccc(COc2ccc3c4c2OC2C5(OC)CC[C@@]6(C[C@@H]5CN)[C@@H](C3)N(CC3CC3)CC[C@]426)cc1. The van der Waals surface area contributed by atoms with Gasteiger partial charge in [0.25, 0.3) is 0 Å². The molecule has 4 unspecified atom stereocenters. The predicted molar refractivity (Wildman–Crippen MR) is 305 cm³/mol. The van der Waals surface area contributed by atoms with E-state index in [1.807, 2.05) is 38.3 Å². The molecule has 10 fully saturated rings. The van der Waals surface area contributed by atoms with E-state index in [4.69, 9.17) is 34.2 Å². The number of phenolic OH excluding ortho intramolecular Hbond substituents is 1. The number of rotatable bonds is 15. The lowest BCUT2D eigenvalue weighted by Crippen LogP contribution is -2.81. The number of ether oxygens (including phenoxy) is 6. The van der Waals surface area contributed by atoms with Crippen molar-refractivity contribution in [2.24, 2.45) is 40.2 Å². The lowest BCUT2D eigenvalue weighted by molar-refractivity contribution is -0.275. The first-order chi connectivity index (χ1) is 37.3. The summed E-state index contributed by atoms with van der Waals surface area (Å²) < 4.78 is 68.5. The van der Waals surface area contributed by atoms with Crippen LogP contribution >= 0.6 is 0 Å². The summed E-state index contributed by atoms with van der Waals surface area (Å²) >= 11 is 0. The van der Waals surface area contributed by atoms with E-state index >= 15 is 0 Å². The molecule has 12 atom stereocenters. The van der Waals surface area contributed by atoms with Gasteiger partial charge in [0, 0.05) is 90.6 Å². The van der Waals surface area contributed by atoms with Gasteiger partial charge in [0.15, 0.2) is 23.0 Å². The highest BCUT2D eigenvalue weighted by molar-refractivity contribution is 7.89. The Morgan fingerprint density at radius 1 is 0.684 bits per heavy atom. The first kappa shape index (κ1) is 53.9. The molecule has 4 N–H and O–H groups in total. The summed E-state index contributed by atoms with van der Waals surface area (Å²) in [5.41, 5.74) is 13.1. The number of aryl methyl sites for hydroxylation is 1. The Labute approximate surface area is 469 Å². The third-order valence-electron chi connectivity index (χ3n) is 23.3. The third kappa shape index (κ3) is 7.22. The van der Waals surface area contributed by atoms with Crippen LogP contribution in [0, 0.1) is 41.4 Å². The predicted octanol–water partition coefficient (Wildman–Crippen LogP) is 9.63. The zero-order chi connectivity index (χ0) is 52.5. The molecule has 426 valence electrons. The lowest BCUT2D eigenvalue weighted by Gasteiger charge is -2.74. The molecule has 4 aromatic carbocycles. The highest BCUT2D eigenvalue weighted by Gasteiger charge is 2.82. The number of nitrogens with zero attached hydrogens (tertiary/aromatic N) is 2. The normalized spacial score (nSPS) is 37.0. The fourth-order valence-electron chi connectivity index (χ4n) is 19.6. The first-order valence-corrected chi connectivity index (χ1v) is 30.8. The summed E-state index contributed by atoms with van der Waals surface area (Å²) in [4.78, 5) is 5.94.